The number of benzene rings is 1. The van der Waals surface area contributed by atoms with Crippen molar-refractivity contribution in [3.05, 3.63) is 29.6 Å². The highest BCUT2D eigenvalue weighted by molar-refractivity contribution is 7.89. The van der Waals surface area contributed by atoms with Gasteiger partial charge in [0.05, 0.1) is 4.90 Å². The van der Waals surface area contributed by atoms with E-state index in [-0.39, 0.29) is 10.5 Å². The SMILES string of the molecule is CCC(C)N(CC(=O)O)S(=O)(=O)c1ccc(F)cc1C. The number of aryl methyl sites for hydroxylation is 1. The van der Waals surface area contributed by atoms with Crippen molar-refractivity contribution in [3.63, 3.8) is 0 Å². The number of sulfonamides is 1. The van der Waals surface area contributed by atoms with Crippen LogP contribution in [0.5, 0.6) is 0 Å². The van der Waals surface area contributed by atoms with Gasteiger partial charge in [0.2, 0.25) is 10.0 Å². The van der Waals surface area contributed by atoms with Gasteiger partial charge in [-0.1, -0.05) is 6.92 Å². The van der Waals surface area contributed by atoms with Crippen LogP contribution in [-0.2, 0) is 14.8 Å². The monoisotopic (exact) mass is 303 g/mol. The van der Waals surface area contributed by atoms with Gasteiger partial charge in [-0.05, 0) is 44.0 Å². The summed E-state index contributed by atoms with van der Waals surface area (Å²) in [5.74, 6) is -1.76. The Morgan fingerprint density at radius 2 is 2.05 bits per heavy atom. The van der Waals surface area contributed by atoms with E-state index in [0.717, 1.165) is 22.5 Å². The molecule has 0 bridgehead atoms. The maximum atomic E-state index is 13.1. The molecule has 0 amide bonds. The smallest absolute Gasteiger partial charge is 0.318 e. The van der Waals surface area contributed by atoms with Crippen LogP contribution in [0.2, 0.25) is 0 Å². The summed E-state index contributed by atoms with van der Waals surface area (Å²) >= 11 is 0. The van der Waals surface area contributed by atoms with Crippen LogP contribution in [0.4, 0.5) is 4.39 Å². The fourth-order valence-corrected chi connectivity index (χ4v) is 3.70. The minimum Gasteiger partial charge on any atom is -0.480 e. The van der Waals surface area contributed by atoms with Crippen LogP contribution in [0.15, 0.2) is 23.1 Å². The standard InChI is InChI=1S/C13H18FNO4S/c1-4-10(3)15(8-13(16)17)20(18,19)12-6-5-11(14)7-9(12)2/h5-7,10H,4,8H2,1-3H3,(H,16,17). The van der Waals surface area contributed by atoms with E-state index in [1.54, 1.807) is 13.8 Å². The van der Waals surface area contributed by atoms with Crippen LogP contribution < -0.4 is 0 Å². The number of carbonyl (C=O) groups is 1. The Morgan fingerprint density at radius 3 is 2.50 bits per heavy atom. The summed E-state index contributed by atoms with van der Waals surface area (Å²) in [6.07, 6.45) is 0.479. The zero-order valence-electron chi connectivity index (χ0n) is 11.6. The van der Waals surface area contributed by atoms with Gasteiger partial charge in [0, 0.05) is 6.04 Å². The molecular weight excluding hydrogens is 285 g/mol. The first kappa shape index (κ1) is 16.6. The van der Waals surface area contributed by atoms with E-state index >= 15 is 0 Å². The Hall–Kier alpha value is -1.47. The first-order chi connectivity index (χ1) is 9.20. The molecule has 7 heteroatoms. The third-order valence-electron chi connectivity index (χ3n) is 3.10. The summed E-state index contributed by atoms with van der Waals surface area (Å²) in [7, 11) is -3.97. The van der Waals surface area contributed by atoms with Crippen molar-refractivity contribution in [2.45, 2.75) is 38.1 Å². The van der Waals surface area contributed by atoms with Gasteiger partial charge in [-0.3, -0.25) is 4.79 Å². The van der Waals surface area contributed by atoms with Gasteiger partial charge in [-0.25, -0.2) is 12.8 Å². The fourth-order valence-electron chi connectivity index (χ4n) is 1.84. The van der Waals surface area contributed by atoms with Gasteiger partial charge < -0.3 is 5.11 Å². The topological polar surface area (TPSA) is 74.7 Å². The van der Waals surface area contributed by atoms with E-state index in [9.17, 15) is 17.6 Å². The summed E-state index contributed by atoms with van der Waals surface area (Å²) in [6.45, 7) is 4.27. The normalized spacial score (nSPS) is 13.4. The summed E-state index contributed by atoms with van der Waals surface area (Å²) in [4.78, 5) is 10.8. The average Bonchev–Trinajstić information content (AvgIpc) is 2.34. The second-order valence-corrected chi connectivity index (χ2v) is 6.47. The quantitative estimate of drug-likeness (QED) is 0.872. The summed E-state index contributed by atoms with van der Waals surface area (Å²) in [6, 6.07) is 2.87. The molecule has 0 aliphatic rings. The number of hydrogen-bond acceptors (Lipinski definition) is 3. The van der Waals surface area contributed by atoms with Gasteiger partial charge in [0.1, 0.15) is 12.4 Å². The van der Waals surface area contributed by atoms with Crippen molar-refractivity contribution in [3.8, 4) is 0 Å². The molecule has 1 rings (SSSR count). The van der Waals surface area contributed by atoms with Crippen LogP contribution >= 0.6 is 0 Å². The van der Waals surface area contributed by atoms with Crippen molar-refractivity contribution >= 4 is 16.0 Å². The van der Waals surface area contributed by atoms with E-state index in [1.165, 1.54) is 6.92 Å². The third kappa shape index (κ3) is 3.55. The third-order valence-corrected chi connectivity index (χ3v) is 5.22. The highest BCUT2D eigenvalue weighted by atomic mass is 32.2. The maximum absolute atomic E-state index is 13.1. The maximum Gasteiger partial charge on any atom is 0.318 e. The first-order valence-electron chi connectivity index (χ1n) is 6.20. The number of nitrogens with zero attached hydrogens (tertiary/aromatic N) is 1. The predicted molar refractivity (Wildman–Crippen MR) is 72.4 cm³/mol. The molecule has 0 saturated carbocycles. The lowest BCUT2D eigenvalue weighted by Crippen LogP contribution is -2.42. The Morgan fingerprint density at radius 1 is 1.45 bits per heavy atom. The Kier molecular flexibility index (Phi) is 5.24. The van der Waals surface area contributed by atoms with Gasteiger partial charge in [-0.2, -0.15) is 4.31 Å². The van der Waals surface area contributed by atoms with Crippen molar-refractivity contribution in [1.29, 1.82) is 0 Å². The average molecular weight is 303 g/mol. The lowest BCUT2D eigenvalue weighted by Gasteiger charge is -2.26. The largest absolute Gasteiger partial charge is 0.480 e. The number of halogens is 1. The van der Waals surface area contributed by atoms with E-state index < -0.39 is 34.4 Å². The number of rotatable bonds is 6. The van der Waals surface area contributed by atoms with Gasteiger partial charge in [0.25, 0.3) is 0 Å². The molecule has 1 aromatic carbocycles. The molecule has 0 radical (unpaired) electrons. The Bertz CT molecular complexity index is 600. The number of aliphatic carboxylic acids is 1. The van der Waals surface area contributed by atoms with E-state index in [2.05, 4.69) is 0 Å². The van der Waals surface area contributed by atoms with Gasteiger partial charge in [0.15, 0.2) is 0 Å². The number of carboxylic acid groups (broad SMARTS) is 1. The Balaban J connectivity index is 3.32. The molecule has 1 N–H and O–H groups in total. The lowest BCUT2D eigenvalue weighted by atomic mass is 10.2. The molecule has 1 atom stereocenters. The van der Waals surface area contributed by atoms with Crippen LogP contribution in [-0.4, -0.2) is 36.4 Å². The summed E-state index contributed by atoms with van der Waals surface area (Å²) in [5.41, 5.74) is 0.253. The summed E-state index contributed by atoms with van der Waals surface area (Å²) < 4.78 is 39.1. The molecular formula is C13H18FNO4S. The van der Waals surface area contributed by atoms with Crippen LogP contribution in [0, 0.1) is 12.7 Å². The van der Waals surface area contributed by atoms with Crippen LogP contribution in [0.1, 0.15) is 25.8 Å². The van der Waals surface area contributed by atoms with Crippen molar-refractivity contribution < 1.29 is 22.7 Å². The molecule has 1 unspecified atom stereocenters. The van der Waals surface area contributed by atoms with E-state index in [4.69, 9.17) is 5.11 Å². The zero-order chi connectivity index (χ0) is 15.5. The molecule has 0 aliphatic heterocycles. The van der Waals surface area contributed by atoms with E-state index in [1.807, 2.05) is 0 Å². The number of hydrogen-bond donors (Lipinski definition) is 1. The minimum atomic E-state index is -3.97. The first-order valence-corrected chi connectivity index (χ1v) is 7.64. The molecule has 112 valence electrons. The van der Waals surface area contributed by atoms with Crippen molar-refractivity contribution in [2.24, 2.45) is 0 Å². The molecule has 0 heterocycles. The van der Waals surface area contributed by atoms with E-state index in [0.29, 0.717) is 6.42 Å². The fraction of sp³-hybridized carbons (Fsp3) is 0.462. The molecule has 0 spiro atoms. The zero-order valence-corrected chi connectivity index (χ0v) is 12.4. The molecule has 1 aromatic rings. The molecule has 20 heavy (non-hydrogen) atoms. The second-order valence-electron chi connectivity index (χ2n) is 4.61. The van der Waals surface area contributed by atoms with Gasteiger partial charge >= 0.3 is 5.97 Å². The molecule has 5 nitrogen and oxygen atoms in total. The van der Waals surface area contributed by atoms with Gasteiger partial charge in [-0.15, -0.1) is 0 Å². The highest BCUT2D eigenvalue weighted by Gasteiger charge is 2.31. The minimum absolute atomic E-state index is 0.0690. The van der Waals surface area contributed by atoms with Crippen LogP contribution in [0.25, 0.3) is 0 Å². The highest BCUT2D eigenvalue weighted by Crippen LogP contribution is 2.23. The predicted octanol–water partition coefficient (Wildman–Crippen LogP) is 2.01. The second kappa shape index (κ2) is 6.32. The van der Waals surface area contributed by atoms with Crippen molar-refractivity contribution in [2.75, 3.05) is 6.54 Å². The van der Waals surface area contributed by atoms with Crippen molar-refractivity contribution in [1.82, 2.24) is 4.31 Å². The molecule has 0 saturated heterocycles. The Labute approximate surface area is 118 Å². The molecule has 0 fully saturated rings. The summed E-state index contributed by atoms with van der Waals surface area (Å²) in [5, 5.41) is 8.89. The van der Waals surface area contributed by atoms with Crippen LogP contribution in [0.3, 0.4) is 0 Å². The lowest BCUT2D eigenvalue weighted by molar-refractivity contribution is -0.137. The molecule has 0 aliphatic carbocycles. The number of carboxylic acids is 1. The molecule has 0 aromatic heterocycles.